The third-order valence-electron chi connectivity index (χ3n) is 5.51. The second-order valence-corrected chi connectivity index (χ2v) is 7.85. The zero-order valence-electron chi connectivity index (χ0n) is 18.0. The van der Waals surface area contributed by atoms with Crippen molar-refractivity contribution >= 4 is 12.1 Å². The van der Waals surface area contributed by atoms with Crippen LogP contribution in [-0.2, 0) is 23.6 Å². The van der Waals surface area contributed by atoms with Crippen molar-refractivity contribution in [3.8, 4) is 11.5 Å². The van der Waals surface area contributed by atoms with Gasteiger partial charge in [0.05, 0.1) is 17.2 Å². The van der Waals surface area contributed by atoms with E-state index in [-0.39, 0.29) is 12.6 Å². The Morgan fingerprint density at radius 2 is 1.66 bits per heavy atom. The van der Waals surface area contributed by atoms with E-state index in [1.807, 2.05) is 0 Å². The van der Waals surface area contributed by atoms with Crippen LogP contribution in [0.1, 0.15) is 35.3 Å². The first-order valence-corrected chi connectivity index (χ1v) is 10.3. The molecule has 2 aliphatic rings. The minimum Gasteiger partial charge on any atom is -0.486 e. The molecule has 188 valence electrons. The van der Waals surface area contributed by atoms with Gasteiger partial charge in [0.25, 0.3) is 0 Å². The zero-order chi connectivity index (χ0) is 25.5. The van der Waals surface area contributed by atoms with Gasteiger partial charge in [-0.15, -0.1) is 0 Å². The lowest BCUT2D eigenvalue weighted by atomic mass is 9.97. The Balaban J connectivity index is 1.55. The number of carbonyl (C=O) groups excluding carboxylic acids is 2. The summed E-state index contributed by atoms with van der Waals surface area (Å²) in [4.78, 5) is 25.7. The van der Waals surface area contributed by atoms with E-state index in [1.54, 1.807) is 18.2 Å². The number of amides is 3. The zero-order valence-corrected chi connectivity index (χ0v) is 18.0. The number of urea groups is 1. The fourth-order valence-corrected chi connectivity index (χ4v) is 3.85. The number of hydrogen-bond donors (Lipinski definition) is 1. The van der Waals surface area contributed by atoms with Gasteiger partial charge in [0, 0.05) is 12.1 Å². The number of halogens is 6. The second kappa shape index (κ2) is 8.86. The SMILES string of the molecule is C[C@H]1[C@@H](c2cc(C(F)(F)F)cc(C(F)(F)F)c2)OC(=O)N1C(=O)NCc1cccc2c1OCCO2. The largest absolute Gasteiger partial charge is 0.486 e. The van der Waals surface area contributed by atoms with Crippen LogP contribution in [-0.4, -0.2) is 36.3 Å². The summed E-state index contributed by atoms with van der Waals surface area (Å²) in [5.74, 6) is 0.889. The number of alkyl halides is 6. The molecular formula is C22H18F6N2O5. The molecule has 13 heteroatoms. The standard InChI is InChI=1S/C22H18F6N2O5/c1-11-17(13-7-14(21(23,24)25)9-15(8-13)22(26,27)28)35-20(32)30(11)19(31)29-10-12-3-2-4-16-18(12)34-6-5-33-16/h2-4,7-9,11,17H,5-6,10H2,1H3,(H,29,31)/t11-,17-/m0/s1. The predicted molar refractivity (Wildman–Crippen MR) is 107 cm³/mol. The number of rotatable bonds is 3. The number of nitrogens with zero attached hydrogens (tertiary/aromatic N) is 1. The molecule has 0 radical (unpaired) electrons. The molecule has 0 spiro atoms. The number of fused-ring (bicyclic) bond motifs is 1. The van der Waals surface area contributed by atoms with Crippen LogP contribution in [0.3, 0.4) is 0 Å². The lowest BCUT2D eigenvalue weighted by molar-refractivity contribution is -0.143. The third kappa shape index (κ3) is 4.93. The van der Waals surface area contributed by atoms with Crippen molar-refractivity contribution in [1.29, 1.82) is 0 Å². The molecule has 4 rings (SSSR count). The highest BCUT2D eigenvalue weighted by Crippen LogP contribution is 2.41. The summed E-state index contributed by atoms with van der Waals surface area (Å²) >= 11 is 0. The van der Waals surface area contributed by atoms with Crippen molar-refractivity contribution in [2.75, 3.05) is 13.2 Å². The smallest absolute Gasteiger partial charge is 0.419 e. The summed E-state index contributed by atoms with van der Waals surface area (Å²) < 4.78 is 95.3. The van der Waals surface area contributed by atoms with Crippen molar-refractivity contribution < 1.29 is 50.1 Å². The van der Waals surface area contributed by atoms with Gasteiger partial charge >= 0.3 is 24.5 Å². The molecular weight excluding hydrogens is 486 g/mol. The number of cyclic esters (lactones) is 1. The topological polar surface area (TPSA) is 77.1 Å². The number of imide groups is 1. The van der Waals surface area contributed by atoms with Gasteiger partial charge in [-0.05, 0) is 36.8 Å². The Hall–Kier alpha value is -3.64. The third-order valence-corrected chi connectivity index (χ3v) is 5.51. The van der Waals surface area contributed by atoms with Gasteiger partial charge in [0.15, 0.2) is 11.5 Å². The van der Waals surface area contributed by atoms with Crippen LogP contribution in [0, 0.1) is 0 Å². The molecule has 2 atom stereocenters. The van der Waals surface area contributed by atoms with E-state index in [1.165, 1.54) is 6.92 Å². The Kier molecular flexibility index (Phi) is 6.20. The molecule has 0 unspecified atom stereocenters. The number of ether oxygens (including phenoxy) is 3. The maximum atomic E-state index is 13.2. The maximum Gasteiger partial charge on any atom is 0.419 e. The van der Waals surface area contributed by atoms with Gasteiger partial charge in [0.2, 0.25) is 0 Å². The molecule has 2 aliphatic heterocycles. The van der Waals surface area contributed by atoms with Crippen LogP contribution in [0.2, 0.25) is 0 Å². The highest BCUT2D eigenvalue weighted by atomic mass is 19.4. The van der Waals surface area contributed by atoms with Crippen LogP contribution in [0.4, 0.5) is 35.9 Å². The average molecular weight is 504 g/mol. The summed E-state index contributed by atoms with van der Waals surface area (Å²) in [6, 6.07) is 3.78. The quantitative estimate of drug-likeness (QED) is 0.576. The number of benzene rings is 2. The van der Waals surface area contributed by atoms with E-state index >= 15 is 0 Å². The van der Waals surface area contributed by atoms with Gasteiger partial charge in [-0.3, -0.25) is 0 Å². The Morgan fingerprint density at radius 1 is 1.03 bits per heavy atom. The molecule has 2 aromatic carbocycles. The summed E-state index contributed by atoms with van der Waals surface area (Å²) in [6.07, 6.45) is -12.9. The van der Waals surface area contributed by atoms with Crippen molar-refractivity contribution in [2.24, 2.45) is 0 Å². The highest BCUT2D eigenvalue weighted by molar-refractivity contribution is 5.92. The van der Waals surface area contributed by atoms with Crippen molar-refractivity contribution in [3.63, 3.8) is 0 Å². The second-order valence-electron chi connectivity index (χ2n) is 7.85. The molecule has 2 heterocycles. The summed E-state index contributed by atoms with van der Waals surface area (Å²) in [7, 11) is 0. The molecule has 3 amide bonds. The summed E-state index contributed by atoms with van der Waals surface area (Å²) in [5, 5.41) is 2.49. The molecule has 1 N–H and O–H groups in total. The highest BCUT2D eigenvalue weighted by Gasteiger charge is 2.45. The summed E-state index contributed by atoms with van der Waals surface area (Å²) in [6.45, 7) is 1.84. The van der Waals surface area contributed by atoms with Crippen LogP contribution in [0.25, 0.3) is 0 Å². The van der Waals surface area contributed by atoms with Crippen LogP contribution in [0.15, 0.2) is 36.4 Å². The minimum atomic E-state index is -5.07. The first-order chi connectivity index (χ1) is 16.4. The molecule has 0 bridgehead atoms. The number of carbonyl (C=O) groups is 2. The van der Waals surface area contributed by atoms with Gasteiger partial charge in [0.1, 0.15) is 19.3 Å². The maximum absolute atomic E-state index is 13.2. The number of para-hydroxylation sites is 1. The van der Waals surface area contributed by atoms with E-state index < -0.39 is 53.3 Å². The Morgan fingerprint density at radius 3 is 2.29 bits per heavy atom. The number of nitrogens with one attached hydrogen (secondary N) is 1. The van der Waals surface area contributed by atoms with E-state index in [0.717, 1.165) is 0 Å². The monoisotopic (exact) mass is 504 g/mol. The Bertz CT molecular complexity index is 1120. The van der Waals surface area contributed by atoms with E-state index in [9.17, 15) is 35.9 Å². The van der Waals surface area contributed by atoms with Gasteiger partial charge in [-0.2, -0.15) is 26.3 Å². The lowest BCUT2D eigenvalue weighted by Crippen LogP contribution is -2.44. The molecule has 0 saturated carbocycles. The Labute approximate surface area is 194 Å². The molecule has 2 aromatic rings. The summed E-state index contributed by atoms with van der Waals surface area (Å²) in [5.41, 5.74) is -3.10. The van der Waals surface area contributed by atoms with Crippen LogP contribution in [0.5, 0.6) is 11.5 Å². The first-order valence-electron chi connectivity index (χ1n) is 10.3. The molecule has 1 saturated heterocycles. The lowest BCUT2D eigenvalue weighted by Gasteiger charge is -2.23. The van der Waals surface area contributed by atoms with E-state index in [4.69, 9.17) is 14.2 Å². The first kappa shape index (κ1) is 24.5. The molecule has 0 aliphatic carbocycles. The average Bonchev–Trinajstić information content (AvgIpc) is 3.09. The number of hydrogen-bond acceptors (Lipinski definition) is 5. The fourth-order valence-electron chi connectivity index (χ4n) is 3.85. The van der Waals surface area contributed by atoms with Crippen molar-refractivity contribution in [1.82, 2.24) is 10.2 Å². The van der Waals surface area contributed by atoms with Gasteiger partial charge < -0.3 is 19.5 Å². The van der Waals surface area contributed by atoms with Gasteiger partial charge in [-0.25, -0.2) is 14.5 Å². The normalized spacial score (nSPS) is 20.0. The van der Waals surface area contributed by atoms with Crippen LogP contribution < -0.4 is 14.8 Å². The van der Waals surface area contributed by atoms with E-state index in [2.05, 4.69) is 5.32 Å². The fraction of sp³-hybridized carbons (Fsp3) is 0.364. The van der Waals surface area contributed by atoms with E-state index in [0.29, 0.717) is 47.3 Å². The molecule has 0 aromatic heterocycles. The minimum absolute atomic E-state index is 0.0260. The molecule has 7 nitrogen and oxygen atoms in total. The van der Waals surface area contributed by atoms with Crippen molar-refractivity contribution in [2.45, 2.75) is 38.0 Å². The van der Waals surface area contributed by atoms with Crippen molar-refractivity contribution in [3.05, 3.63) is 58.7 Å². The van der Waals surface area contributed by atoms with Gasteiger partial charge in [-0.1, -0.05) is 12.1 Å². The molecule has 1 fully saturated rings. The van der Waals surface area contributed by atoms with Crippen LogP contribution >= 0.6 is 0 Å². The predicted octanol–water partition coefficient (Wildman–Crippen LogP) is 5.29. The molecule has 35 heavy (non-hydrogen) atoms.